The molecule has 0 fully saturated rings. The molecule has 0 aliphatic rings. The SMILES string of the molecule is c1ccc(-c2nc(-c3ccccc3)nc(-c3ccc4c(c3)oc3c5ccccc5c(-c5ccc(N(c6ccccc6)c6ccccc6)cc5)cc43)n2)cc1. The molecule has 254 valence electrons. The maximum atomic E-state index is 6.72. The van der Waals surface area contributed by atoms with Crippen LogP contribution in [0.2, 0.25) is 0 Å². The number of furan rings is 1. The van der Waals surface area contributed by atoms with Crippen molar-refractivity contribution in [3.8, 4) is 45.3 Å². The van der Waals surface area contributed by atoms with E-state index >= 15 is 0 Å². The Bertz CT molecular complexity index is 2810. The van der Waals surface area contributed by atoms with Crippen molar-refractivity contribution < 1.29 is 4.42 Å². The second-order valence-electron chi connectivity index (χ2n) is 13.3. The Morgan fingerprint density at radius 1 is 0.333 bits per heavy atom. The molecule has 10 aromatic rings. The fourth-order valence-corrected chi connectivity index (χ4v) is 7.30. The van der Waals surface area contributed by atoms with Crippen LogP contribution in [0.5, 0.6) is 0 Å². The molecule has 0 unspecified atom stereocenters. The zero-order chi connectivity index (χ0) is 35.8. The van der Waals surface area contributed by atoms with E-state index in [0.29, 0.717) is 17.5 Å². The van der Waals surface area contributed by atoms with Gasteiger partial charge in [-0.1, -0.05) is 140 Å². The summed E-state index contributed by atoms with van der Waals surface area (Å²) in [7, 11) is 0. The first-order valence-electron chi connectivity index (χ1n) is 18.0. The highest BCUT2D eigenvalue weighted by molar-refractivity contribution is 6.19. The van der Waals surface area contributed by atoms with Crippen LogP contribution in [0.4, 0.5) is 17.1 Å². The average Bonchev–Trinajstić information content (AvgIpc) is 3.63. The van der Waals surface area contributed by atoms with Crippen LogP contribution in [0, 0.1) is 0 Å². The van der Waals surface area contributed by atoms with Crippen molar-refractivity contribution >= 4 is 49.8 Å². The summed E-state index contributed by atoms with van der Waals surface area (Å²) in [5.74, 6) is 1.85. The Labute approximate surface area is 312 Å². The molecule has 0 aliphatic carbocycles. The minimum absolute atomic E-state index is 0.593. The Balaban J connectivity index is 1.09. The minimum atomic E-state index is 0.593. The molecule has 0 amide bonds. The van der Waals surface area contributed by atoms with Gasteiger partial charge in [0.25, 0.3) is 0 Å². The standard InChI is InChI=1S/C49H32N4O/c1-5-15-34(16-6-1)47-50-48(35-17-7-2-8-18-35)52-49(51-47)36-27-30-41-44-32-43(40-23-13-14-24-42(40)46(44)54-45(41)31-36)33-25-28-39(29-26-33)53(37-19-9-3-10-20-37)38-21-11-4-12-22-38/h1-32H. The molecule has 2 aromatic heterocycles. The molecule has 0 radical (unpaired) electrons. The Hall–Kier alpha value is -7.37. The number of hydrogen-bond donors (Lipinski definition) is 0. The third-order valence-electron chi connectivity index (χ3n) is 9.90. The van der Waals surface area contributed by atoms with Gasteiger partial charge in [-0.2, -0.15) is 0 Å². The van der Waals surface area contributed by atoms with E-state index in [1.54, 1.807) is 0 Å². The van der Waals surface area contributed by atoms with E-state index in [4.69, 9.17) is 19.4 Å². The molecule has 10 rings (SSSR count). The zero-order valence-corrected chi connectivity index (χ0v) is 29.2. The highest BCUT2D eigenvalue weighted by Gasteiger charge is 2.18. The van der Waals surface area contributed by atoms with Crippen LogP contribution in [0.25, 0.3) is 78.0 Å². The van der Waals surface area contributed by atoms with Crippen LogP contribution >= 0.6 is 0 Å². The van der Waals surface area contributed by atoms with Gasteiger partial charge in [-0.3, -0.25) is 0 Å². The first-order valence-corrected chi connectivity index (χ1v) is 18.0. The normalized spacial score (nSPS) is 11.3. The lowest BCUT2D eigenvalue weighted by atomic mass is 9.95. The van der Waals surface area contributed by atoms with E-state index in [1.807, 2.05) is 72.8 Å². The van der Waals surface area contributed by atoms with Gasteiger partial charge in [0.2, 0.25) is 0 Å². The molecular formula is C49H32N4O. The summed E-state index contributed by atoms with van der Waals surface area (Å²) in [5, 5.41) is 4.31. The van der Waals surface area contributed by atoms with Gasteiger partial charge in [0.1, 0.15) is 11.2 Å². The smallest absolute Gasteiger partial charge is 0.164 e. The molecular weight excluding hydrogens is 661 g/mol. The summed E-state index contributed by atoms with van der Waals surface area (Å²) >= 11 is 0. The highest BCUT2D eigenvalue weighted by Crippen LogP contribution is 2.42. The van der Waals surface area contributed by atoms with Gasteiger partial charge in [-0.05, 0) is 71.1 Å². The number of benzene rings is 8. The van der Waals surface area contributed by atoms with Crippen molar-refractivity contribution in [2.24, 2.45) is 0 Å². The number of fused-ring (bicyclic) bond motifs is 5. The van der Waals surface area contributed by atoms with E-state index in [1.165, 1.54) is 0 Å². The summed E-state index contributed by atoms with van der Waals surface area (Å²) in [6, 6.07) is 66.9. The van der Waals surface area contributed by atoms with Gasteiger partial charge in [0, 0.05) is 49.9 Å². The second kappa shape index (κ2) is 13.3. The van der Waals surface area contributed by atoms with E-state index in [2.05, 4.69) is 126 Å². The van der Waals surface area contributed by atoms with Crippen LogP contribution in [-0.4, -0.2) is 15.0 Å². The van der Waals surface area contributed by atoms with Crippen molar-refractivity contribution in [3.63, 3.8) is 0 Å². The molecule has 5 nitrogen and oxygen atoms in total. The number of rotatable bonds is 7. The van der Waals surface area contributed by atoms with Gasteiger partial charge in [0.15, 0.2) is 17.5 Å². The first-order chi connectivity index (χ1) is 26.8. The van der Waals surface area contributed by atoms with E-state index in [9.17, 15) is 0 Å². The quantitative estimate of drug-likeness (QED) is 0.166. The van der Waals surface area contributed by atoms with Crippen LogP contribution < -0.4 is 4.90 Å². The largest absolute Gasteiger partial charge is 0.455 e. The van der Waals surface area contributed by atoms with Gasteiger partial charge >= 0.3 is 0 Å². The molecule has 0 bridgehead atoms. The van der Waals surface area contributed by atoms with E-state index < -0.39 is 0 Å². The van der Waals surface area contributed by atoms with Gasteiger partial charge in [-0.15, -0.1) is 0 Å². The van der Waals surface area contributed by atoms with Crippen LogP contribution in [0.15, 0.2) is 199 Å². The molecule has 0 saturated heterocycles. The first kappa shape index (κ1) is 31.4. The Kier molecular flexibility index (Phi) is 7.73. The van der Waals surface area contributed by atoms with Crippen molar-refractivity contribution in [2.45, 2.75) is 0 Å². The molecule has 54 heavy (non-hydrogen) atoms. The van der Waals surface area contributed by atoms with Crippen LogP contribution in [0.3, 0.4) is 0 Å². The molecule has 5 heteroatoms. The summed E-state index contributed by atoms with van der Waals surface area (Å²) in [4.78, 5) is 17.1. The number of para-hydroxylation sites is 2. The lowest BCUT2D eigenvalue weighted by Gasteiger charge is -2.25. The summed E-state index contributed by atoms with van der Waals surface area (Å²) in [5.41, 5.74) is 9.97. The van der Waals surface area contributed by atoms with E-state index in [-0.39, 0.29) is 0 Å². The number of nitrogens with zero attached hydrogens (tertiary/aromatic N) is 4. The van der Waals surface area contributed by atoms with Crippen molar-refractivity contribution in [1.82, 2.24) is 15.0 Å². The average molecular weight is 693 g/mol. The third kappa shape index (κ3) is 5.65. The van der Waals surface area contributed by atoms with Gasteiger partial charge in [-0.25, -0.2) is 15.0 Å². The fourth-order valence-electron chi connectivity index (χ4n) is 7.30. The molecule has 0 saturated carbocycles. The van der Waals surface area contributed by atoms with Gasteiger partial charge < -0.3 is 9.32 Å². The summed E-state index contributed by atoms with van der Waals surface area (Å²) < 4.78 is 6.72. The molecule has 0 aliphatic heterocycles. The number of anilines is 3. The number of aromatic nitrogens is 3. The van der Waals surface area contributed by atoms with Crippen molar-refractivity contribution in [3.05, 3.63) is 194 Å². The second-order valence-corrected chi connectivity index (χ2v) is 13.3. The van der Waals surface area contributed by atoms with Crippen LogP contribution in [0.1, 0.15) is 0 Å². The zero-order valence-electron chi connectivity index (χ0n) is 29.2. The maximum absolute atomic E-state index is 6.72. The van der Waals surface area contributed by atoms with Gasteiger partial charge in [0.05, 0.1) is 0 Å². The molecule has 0 N–H and O–H groups in total. The molecule has 2 heterocycles. The summed E-state index contributed by atoms with van der Waals surface area (Å²) in [6.07, 6.45) is 0. The molecule has 0 atom stereocenters. The Morgan fingerprint density at radius 2 is 0.796 bits per heavy atom. The van der Waals surface area contributed by atoms with Crippen molar-refractivity contribution in [2.75, 3.05) is 4.90 Å². The predicted octanol–water partition coefficient (Wildman–Crippen LogP) is 13.1. The lowest BCUT2D eigenvalue weighted by Crippen LogP contribution is -2.09. The van der Waals surface area contributed by atoms with E-state index in [0.717, 1.165) is 77.6 Å². The van der Waals surface area contributed by atoms with Crippen molar-refractivity contribution in [1.29, 1.82) is 0 Å². The monoisotopic (exact) mass is 692 g/mol. The highest BCUT2D eigenvalue weighted by atomic mass is 16.3. The fraction of sp³-hybridized carbons (Fsp3) is 0. The number of hydrogen-bond acceptors (Lipinski definition) is 5. The van der Waals surface area contributed by atoms with Crippen LogP contribution in [-0.2, 0) is 0 Å². The minimum Gasteiger partial charge on any atom is -0.455 e. The maximum Gasteiger partial charge on any atom is 0.164 e. The summed E-state index contributed by atoms with van der Waals surface area (Å²) in [6.45, 7) is 0. The predicted molar refractivity (Wildman–Crippen MR) is 221 cm³/mol. The topological polar surface area (TPSA) is 55.1 Å². The molecule has 8 aromatic carbocycles. The third-order valence-corrected chi connectivity index (χ3v) is 9.90. The lowest BCUT2D eigenvalue weighted by molar-refractivity contribution is 0.673. The Morgan fingerprint density at radius 3 is 1.37 bits per heavy atom. The molecule has 0 spiro atoms.